The van der Waals surface area contributed by atoms with E-state index in [0.29, 0.717) is 25.5 Å². The van der Waals surface area contributed by atoms with Crippen molar-refractivity contribution in [1.29, 1.82) is 0 Å². The van der Waals surface area contributed by atoms with Crippen molar-refractivity contribution in [3.05, 3.63) is 55.6 Å². The summed E-state index contributed by atoms with van der Waals surface area (Å²) in [4.78, 5) is 64.7. The van der Waals surface area contributed by atoms with Crippen LogP contribution in [-0.4, -0.2) is 66.5 Å². The molecular weight excluding hydrogens is 704 g/mol. The minimum absolute atomic E-state index is 0.145. The van der Waals surface area contributed by atoms with Gasteiger partial charge in [-0.2, -0.15) is 9.37 Å². The van der Waals surface area contributed by atoms with Gasteiger partial charge in [-0.15, -0.1) is 0 Å². The predicted molar refractivity (Wildman–Crippen MR) is 188 cm³/mol. The standard InChI is InChI=1S/C34H53FN5O11P/c1-2-3-4-5-6-7-8-9-10-11-12-13-14-15-29(42)36-28-18-19-39(33(44)37-28)30-17-16-24(49-30)23-48-52(46,47)51-26-20-31(50-27(26)22-41)40-21-25(35)32(43)38-34(40)45/h18-19,21,24,26-27,30-31,41H,2-17,20,22-23H2,1H3,(H,46,47)(H,38,43,45)(H,36,37,42,44)/t24-,26-,27+,30+,31+/m0/s1. The zero-order valence-electron chi connectivity index (χ0n) is 29.8. The van der Waals surface area contributed by atoms with Crippen molar-refractivity contribution in [2.45, 2.75) is 147 Å². The number of phosphoric ester groups is 1. The van der Waals surface area contributed by atoms with Crippen LogP contribution in [0.5, 0.6) is 0 Å². The number of nitrogens with one attached hydrogen (secondary N) is 2. The van der Waals surface area contributed by atoms with Crippen molar-refractivity contribution in [3.63, 3.8) is 0 Å². The van der Waals surface area contributed by atoms with Crippen LogP contribution in [0.2, 0.25) is 0 Å². The molecule has 4 heterocycles. The Morgan fingerprint density at radius 1 is 1.00 bits per heavy atom. The summed E-state index contributed by atoms with van der Waals surface area (Å²) in [5.41, 5.74) is -2.82. The second-order valence-electron chi connectivity index (χ2n) is 13.4. The average molecular weight is 758 g/mol. The highest BCUT2D eigenvalue weighted by Gasteiger charge is 2.42. The fraction of sp³-hybridized carbons (Fsp3) is 0.735. The molecule has 2 aromatic heterocycles. The third-order valence-corrected chi connectivity index (χ3v) is 10.3. The molecule has 4 N–H and O–H groups in total. The van der Waals surface area contributed by atoms with Crippen LogP contribution in [0, 0.1) is 5.82 Å². The van der Waals surface area contributed by atoms with Gasteiger partial charge in [-0.25, -0.2) is 14.2 Å². The lowest BCUT2D eigenvalue weighted by Crippen LogP contribution is -2.34. The van der Waals surface area contributed by atoms with Gasteiger partial charge in [-0.05, 0) is 25.3 Å². The first-order chi connectivity index (χ1) is 25.0. The second-order valence-corrected chi connectivity index (χ2v) is 14.8. The summed E-state index contributed by atoms with van der Waals surface area (Å²) in [7, 11) is -4.75. The molecule has 1 amide bonds. The number of hydrogen-bond donors (Lipinski definition) is 4. The lowest BCUT2D eigenvalue weighted by Gasteiger charge is -2.21. The molecule has 0 aliphatic carbocycles. The number of rotatable bonds is 23. The first-order valence-electron chi connectivity index (χ1n) is 18.5. The predicted octanol–water partition coefficient (Wildman–Crippen LogP) is 4.81. The summed E-state index contributed by atoms with van der Waals surface area (Å²) in [6, 6.07) is 1.51. The van der Waals surface area contributed by atoms with Gasteiger partial charge in [0.25, 0.3) is 5.56 Å². The van der Waals surface area contributed by atoms with Crippen molar-refractivity contribution in [2.24, 2.45) is 0 Å². The van der Waals surface area contributed by atoms with E-state index < -0.39 is 68.0 Å². The Morgan fingerprint density at radius 3 is 2.29 bits per heavy atom. The lowest BCUT2D eigenvalue weighted by atomic mass is 10.0. The third kappa shape index (κ3) is 13.1. The topological polar surface area (TPSA) is 213 Å². The fourth-order valence-corrected chi connectivity index (χ4v) is 7.40. The maximum absolute atomic E-state index is 13.8. The molecule has 2 fully saturated rings. The molecule has 52 heavy (non-hydrogen) atoms. The molecule has 0 radical (unpaired) electrons. The largest absolute Gasteiger partial charge is 0.472 e. The fourth-order valence-electron chi connectivity index (χ4n) is 6.42. The summed E-state index contributed by atoms with van der Waals surface area (Å²) in [5.74, 6) is -1.30. The van der Waals surface area contributed by atoms with Crippen LogP contribution >= 0.6 is 7.82 Å². The van der Waals surface area contributed by atoms with Crippen molar-refractivity contribution < 1.29 is 42.3 Å². The molecule has 2 saturated heterocycles. The molecule has 6 atom stereocenters. The lowest BCUT2D eigenvalue weighted by molar-refractivity contribution is -0.116. The summed E-state index contributed by atoms with van der Waals surface area (Å²) in [6.45, 7) is 1.21. The normalized spacial score (nSPS) is 22.8. The summed E-state index contributed by atoms with van der Waals surface area (Å²) in [5, 5.41) is 12.4. The second kappa shape index (κ2) is 21.0. The number of carbonyl (C=O) groups excluding carboxylic acids is 1. The number of ether oxygens (including phenoxy) is 2. The van der Waals surface area contributed by atoms with Crippen LogP contribution in [0.3, 0.4) is 0 Å². The Kier molecular flexibility index (Phi) is 16.8. The maximum Gasteiger partial charge on any atom is 0.472 e. The van der Waals surface area contributed by atoms with Crippen LogP contribution in [0.4, 0.5) is 10.2 Å². The van der Waals surface area contributed by atoms with Gasteiger partial charge in [0.1, 0.15) is 30.5 Å². The minimum atomic E-state index is -4.75. The Balaban J connectivity index is 1.13. The SMILES string of the molecule is CCCCCCCCCCCCCCCC(=O)Nc1ccn([C@H]2CC[C@@H](COP(=O)(O)O[C@H]3C[C@H](n4cc(F)c(=O)[nH]c4=O)O[C@@H]3CO)O2)c(=O)n1. The molecule has 18 heteroatoms. The zero-order chi connectivity index (χ0) is 37.5. The number of H-pyrrole nitrogens is 1. The first kappa shape index (κ1) is 41.7. The highest BCUT2D eigenvalue weighted by Crippen LogP contribution is 2.49. The Bertz CT molecular complexity index is 1650. The first-order valence-corrected chi connectivity index (χ1v) is 20.0. The quantitative estimate of drug-likeness (QED) is 0.0888. The van der Waals surface area contributed by atoms with Crippen LogP contribution in [0.15, 0.2) is 32.8 Å². The van der Waals surface area contributed by atoms with Gasteiger partial charge in [0.2, 0.25) is 11.7 Å². The summed E-state index contributed by atoms with van der Waals surface area (Å²) < 4.78 is 50.2. The van der Waals surface area contributed by atoms with Crippen molar-refractivity contribution in [2.75, 3.05) is 18.5 Å². The number of aromatic amines is 1. The van der Waals surface area contributed by atoms with Crippen LogP contribution in [0.1, 0.15) is 129 Å². The van der Waals surface area contributed by atoms with E-state index in [1.165, 1.54) is 81.0 Å². The van der Waals surface area contributed by atoms with Gasteiger partial charge in [-0.3, -0.25) is 32.8 Å². The Labute approximate surface area is 301 Å². The number of phosphoric acid groups is 1. The Hall–Kier alpha value is -3.05. The molecule has 16 nitrogen and oxygen atoms in total. The van der Waals surface area contributed by atoms with E-state index in [1.54, 1.807) is 4.98 Å². The molecule has 2 aliphatic rings. The van der Waals surface area contributed by atoms with E-state index in [9.17, 15) is 38.1 Å². The molecule has 292 valence electrons. The number of nitrogens with zero attached hydrogens (tertiary/aromatic N) is 3. The summed E-state index contributed by atoms with van der Waals surface area (Å²) in [6.07, 6.45) is 13.8. The van der Waals surface area contributed by atoms with Crippen molar-refractivity contribution in [3.8, 4) is 0 Å². The van der Waals surface area contributed by atoms with Gasteiger partial charge < -0.3 is 24.8 Å². The van der Waals surface area contributed by atoms with Crippen LogP contribution < -0.4 is 22.3 Å². The molecule has 2 aliphatic heterocycles. The van der Waals surface area contributed by atoms with Gasteiger partial charge >= 0.3 is 19.2 Å². The number of hydrogen-bond acceptors (Lipinski definition) is 11. The molecule has 1 unspecified atom stereocenters. The highest BCUT2D eigenvalue weighted by atomic mass is 31.2. The minimum Gasteiger partial charge on any atom is -0.394 e. The molecule has 4 rings (SSSR count). The maximum atomic E-state index is 13.8. The highest BCUT2D eigenvalue weighted by molar-refractivity contribution is 7.47. The molecule has 0 saturated carbocycles. The number of aromatic nitrogens is 4. The number of carbonyl (C=O) groups is 1. The number of amides is 1. The van der Waals surface area contributed by atoms with Crippen LogP contribution in [0.25, 0.3) is 0 Å². The van der Waals surface area contributed by atoms with Gasteiger partial charge in [0, 0.05) is 19.0 Å². The monoisotopic (exact) mass is 757 g/mol. The van der Waals surface area contributed by atoms with E-state index in [1.807, 2.05) is 0 Å². The zero-order valence-corrected chi connectivity index (χ0v) is 30.7. The molecule has 0 aromatic carbocycles. The number of aliphatic hydroxyl groups excluding tert-OH is 1. The molecule has 0 bridgehead atoms. The number of aliphatic hydroxyl groups is 1. The summed E-state index contributed by atoms with van der Waals surface area (Å²) >= 11 is 0. The van der Waals surface area contributed by atoms with E-state index in [4.69, 9.17) is 18.5 Å². The van der Waals surface area contributed by atoms with E-state index in [2.05, 4.69) is 17.2 Å². The van der Waals surface area contributed by atoms with Gasteiger partial charge in [0.05, 0.1) is 25.5 Å². The number of halogens is 1. The van der Waals surface area contributed by atoms with E-state index in [-0.39, 0.29) is 24.8 Å². The van der Waals surface area contributed by atoms with Gasteiger partial charge in [0.15, 0.2) is 0 Å². The third-order valence-electron chi connectivity index (χ3n) is 9.29. The molecule has 2 aromatic rings. The van der Waals surface area contributed by atoms with Crippen molar-refractivity contribution >= 4 is 19.5 Å². The van der Waals surface area contributed by atoms with E-state index in [0.717, 1.165) is 23.8 Å². The molecular formula is C34H53FN5O11P. The smallest absolute Gasteiger partial charge is 0.394 e. The van der Waals surface area contributed by atoms with Gasteiger partial charge in [-0.1, -0.05) is 84.0 Å². The number of unbranched alkanes of at least 4 members (excludes halogenated alkanes) is 12. The van der Waals surface area contributed by atoms with Crippen molar-refractivity contribution in [1.82, 2.24) is 19.1 Å². The van der Waals surface area contributed by atoms with E-state index >= 15 is 0 Å². The molecule has 0 spiro atoms. The number of anilines is 1. The Morgan fingerprint density at radius 2 is 1.65 bits per heavy atom. The average Bonchev–Trinajstić information content (AvgIpc) is 3.74. The van der Waals surface area contributed by atoms with Crippen LogP contribution in [-0.2, 0) is 27.9 Å².